The summed E-state index contributed by atoms with van der Waals surface area (Å²) >= 11 is 0. The Morgan fingerprint density at radius 3 is 1.31 bits per heavy atom. The second-order valence-electron chi connectivity index (χ2n) is 33.8. The van der Waals surface area contributed by atoms with Gasteiger partial charge >= 0.3 is 0 Å². The van der Waals surface area contributed by atoms with Crippen molar-refractivity contribution in [1.82, 2.24) is 29.9 Å². The molecule has 123 heavy (non-hydrogen) atoms. The molecular formula is C117H80N6. The molecule has 3 aliphatic carbocycles. The number of fused-ring (bicyclic) bond motifs is 20. The van der Waals surface area contributed by atoms with Crippen molar-refractivity contribution < 1.29 is 0 Å². The minimum Gasteiger partial charge on any atom is -0.228 e. The first-order valence-corrected chi connectivity index (χ1v) is 42.5. The molecule has 6 heteroatoms. The maximum atomic E-state index is 5.49. The molecule has 0 spiro atoms. The Bertz CT molecular complexity index is 8020. The van der Waals surface area contributed by atoms with Gasteiger partial charge in [0.15, 0.2) is 17.5 Å². The number of benzene rings is 19. The predicted molar refractivity (Wildman–Crippen MR) is 511 cm³/mol. The summed E-state index contributed by atoms with van der Waals surface area (Å²) in [5.74, 6) is 2.24. The second-order valence-corrected chi connectivity index (χ2v) is 33.8. The van der Waals surface area contributed by atoms with Crippen LogP contribution in [0.25, 0.3) is 188 Å². The van der Waals surface area contributed by atoms with Crippen LogP contribution in [0.1, 0.15) is 72.2 Å². The zero-order chi connectivity index (χ0) is 82.1. The summed E-state index contributed by atoms with van der Waals surface area (Å²) in [4.78, 5) is 31.3. The van der Waals surface area contributed by atoms with Crippen LogP contribution < -0.4 is 0 Å². The van der Waals surface area contributed by atoms with E-state index in [2.05, 4.69) is 422 Å². The Morgan fingerprint density at radius 2 is 0.626 bits per heavy atom. The van der Waals surface area contributed by atoms with Crippen LogP contribution in [0.15, 0.2) is 413 Å². The van der Waals surface area contributed by atoms with E-state index in [0.717, 1.165) is 101 Å². The fourth-order valence-corrected chi connectivity index (χ4v) is 20.5. The predicted octanol–water partition coefficient (Wildman–Crippen LogP) is 29.6. The molecule has 0 atom stereocenters. The summed E-state index contributed by atoms with van der Waals surface area (Å²) in [6.07, 6.45) is 0. The van der Waals surface area contributed by atoms with Gasteiger partial charge in [-0.15, -0.1) is 0 Å². The summed E-state index contributed by atoms with van der Waals surface area (Å²) in [7, 11) is 0. The van der Waals surface area contributed by atoms with E-state index >= 15 is 0 Å². The van der Waals surface area contributed by atoms with Crippen molar-refractivity contribution in [3.05, 3.63) is 457 Å². The van der Waals surface area contributed by atoms with Crippen molar-refractivity contribution in [2.45, 2.75) is 43.9 Å². The fraction of sp³-hybridized carbons (Fsp3) is 0.0598. The normalized spacial score (nSPS) is 13.4. The van der Waals surface area contributed by atoms with E-state index in [0.29, 0.717) is 0 Å². The molecule has 3 aromatic heterocycles. The molecule has 3 aliphatic rings. The van der Waals surface area contributed by atoms with Crippen LogP contribution in [-0.4, -0.2) is 29.9 Å². The van der Waals surface area contributed by atoms with Crippen LogP contribution in [0.5, 0.6) is 0 Å². The lowest BCUT2D eigenvalue weighted by Crippen LogP contribution is -2.28. The van der Waals surface area contributed by atoms with Crippen LogP contribution in [0.2, 0.25) is 0 Å². The summed E-state index contributed by atoms with van der Waals surface area (Å²) in [6, 6.07) is 148. The van der Waals surface area contributed by atoms with Crippen molar-refractivity contribution in [1.29, 1.82) is 0 Å². The minimum absolute atomic E-state index is 0.0178. The Hall–Kier alpha value is -15.5. The van der Waals surface area contributed by atoms with Crippen molar-refractivity contribution >= 4 is 86.6 Å². The molecule has 19 aromatic carbocycles. The molecule has 0 radical (unpaired) electrons. The first kappa shape index (κ1) is 72.7. The minimum atomic E-state index is -0.540. The lowest BCUT2D eigenvalue weighted by molar-refractivity contribution is 0.661. The summed E-state index contributed by atoms with van der Waals surface area (Å²) in [5, 5.41) is 15.4. The molecule has 6 nitrogen and oxygen atoms in total. The Kier molecular flexibility index (Phi) is 17.1. The van der Waals surface area contributed by atoms with Gasteiger partial charge in [0.2, 0.25) is 0 Å². The van der Waals surface area contributed by atoms with Gasteiger partial charge in [-0.3, -0.25) is 0 Å². The Labute approximate surface area is 713 Å². The third-order valence-electron chi connectivity index (χ3n) is 26.2. The highest BCUT2D eigenvalue weighted by molar-refractivity contribution is 6.13. The lowest BCUT2D eigenvalue weighted by Gasteiger charge is -2.34. The van der Waals surface area contributed by atoms with E-state index in [1.807, 2.05) is 18.2 Å². The van der Waals surface area contributed by atoms with Gasteiger partial charge in [0.05, 0.1) is 39.0 Å². The van der Waals surface area contributed by atoms with E-state index in [-0.39, 0.29) is 10.8 Å². The van der Waals surface area contributed by atoms with Crippen molar-refractivity contribution in [2.24, 2.45) is 0 Å². The molecule has 0 unspecified atom stereocenters. The van der Waals surface area contributed by atoms with E-state index in [1.54, 1.807) is 0 Å². The van der Waals surface area contributed by atoms with Crippen molar-refractivity contribution in [3.8, 4) is 101 Å². The van der Waals surface area contributed by atoms with Crippen LogP contribution in [0.3, 0.4) is 0 Å². The Morgan fingerprint density at radius 1 is 0.195 bits per heavy atom. The molecular weight excluding hydrogens is 1490 g/mol. The summed E-state index contributed by atoms with van der Waals surface area (Å²) < 4.78 is 0. The van der Waals surface area contributed by atoms with Gasteiger partial charge in [-0.25, -0.2) is 29.9 Å². The lowest BCUT2D eigenvalue weighted by atomic mass is 9.66. The average molecular weight is 1570 g/mol. The highest BCUT2D eigenvalue weighted by Crippen LogP contribution is 2.61. The van der Waals surface area contributed by atoms with Crippen LogP contribution >= 0.6 is 0 Å². The monoisotopic (exact) mass is 1570 g/mol. The van der Waals surface area contributed by atoms with Gasteiger partial charge in [-0.2, -0.15) is 0 Å². The number of aromatic nitrogens is 6. The quantitative estimate of drug-likeness (QED) is 0.141. The molecule has 0 fully saturated rings. The highest BCUT2D eigenvalue weighted by atomic mass is 14.9. The van der Waals surface area contributed by atoms with Gasteiger partial charge in [0, 0.05) is 60.4 Å². The molecule has 0 amide bonds. The first-order valence-electron chi connectivity index (χ1n) is 42.5. The third-order valence-corrected chi connectivity index (χ3v) is 26.2. The summed E-state index contributed by atoms with van der Waals surface area (Å²) in [5.41, 5.74) is 29.9. The van der Waals surface area contributed by atoms with Crippen LogP contribution in [-0.2, 0) is 16.2 Å². The highest BCUT2D eigenvalue weighted by Gasteiger charge is 2.49. The number of para-hydroxylation sites is 2. The van der Waals surface area contributed by atoms with E-state index < -0.39 is 5.41 Å². The van der Waals surface area contributed by atoms with Gasteiger partial charge in [-0.1, -0.05) is 386 Å². The van der Waals surface area contributed by atoms with E-state index in [9.17, 15) is 0 Å². The zero-order valence-electron chi connectivity index (χ0n) is 68.4. The number of hydrogen-bond donors (Lipinski definition) is 0. The maximum Gasteiger partial charge on any atom is 0.161 e. The van der Waals surface area contributed by atoms with Crippen LogP contribution in [0.4, 0.5) is 0 Å². The van der Waals surface area contributed by atoms with Crippen LogP contribution in [0, 0.1) is 0 Å². The Balaban J connectivity index is 0.000000109. The molecule has 578 valence electrons. The number of nitrogens with zero attached hydrogens (tertiary/aromatic N) is 6. The van der Waals surface area contributed by atoms with Gasteiger partial charge in [0.25, 0.3) is 0 Å². The summed E-state index contributed by atoms with van der Waals surface area (Å²) in [6.45, 7) is 9.34. The fourth-order valence-electron chi connectivity index (χ4n) is 20.5. The molecule has 22 aromatic rings. The van der Waals surface area contributed by atoms with Gasteiger partial charge in [-0.05, 0) is 186 Å². The van der Waals surface area contributed by atoms with Gasteiger partial charge in [0.1, 0.15) is 0 Å². The van der Waals surface area contributed by atoms with E-state index in [4.69, 9.17) is 29.9 Å². The molecule has 0 N–H and O–H groups in total. The standard InChI is InChI=1S/C47H30N2.C37H26N2.C33H24N2/c1-3-18-35(19-4-1)47(36-20-5-2-6-21-36)41-25-13-11-23-38(41)43-40(30-33-17-9-10-22-37(33)44(43)47)46-48-42-26-14-12-24-39(42)45(49-46)34-28-27-31-15-7-8-16-32(31)29-34;1-37(2)31-15-9-8-14-28(31)29-20-18-24-16-17-26(22-30(24)34(29)37)36-38-32-21-19-23-10-6-7-13-27(23)33(32)35(39-36)25-11-4-3-5-12-25;1-33(2)28-14-8-6-12-25(28)27-19-22-16-17-23(18-24(22)20-29(27)33)32-34-30-15-9-7-13-26(30)31(35-32)21-10-4-3-5-11-21/h1-30H;3-22H,1-2H3;3-20H,1-2H3. The molecule has 3 heterocycles. The van der Waals surface area contributed by atoms with Gasteiger partial charge < -0.3 is 0 Å². The third kappa shape index (κ3) is 11.8. The zero-order valence-corrected chi connectivity index (χ0v) is 68.4. The molecule has 0 aliphatic heterocycles. The second kappa shape index (κ2) is 28.9. The molecule has 0 saturated carbocycles. The molecule has 0 bridgehead atoms. The first-order chi connectivity index (χ1) is 60.5. The largest absolute Gasteiger partial charge is 0.228 e. The molecule has 25 rings (SSSR count). The molecule has 0 saturated heterocycles. The SMILES string of the molecule is CC1(C)c2ccccc2-c2cc3ccc(-c4nc(-c5ccccc5)c5ccccc5n4)cc3cc21.CC1(C)c2ccccc2-c2ccc3ccc(-c4nc(-c5ccccc5)c5c(ccc6ccccc65)n4)cc3c21.c1ccc(C2(c3ccccc3)c3ccccc3-c3c(-c4nc(-c5ccc6ccccc6c5)c5ccccc5n4)cc4ccccc4c32)cc1. The smallest absolute Gasteiger partial charge is 0.161 e. The average Bonchev–Trinajstić information content (AvgIpc) is 1.52. The topological polar surface area (TPSA) is 77.3 Å². The maximum absolute atomic E-state index is 5.49. The van der Waals surface area contributed by atoms with E-state index in [1.165, 1.54) is 132 Å². The number of rotatable bonds is 8. The van der Waals surface area contributed by atoms with Crippen molar-refractivity contribution in [2.75, 3.05) is 0 Å². The number of hydrogen-bond acceptors (Lipinski definition) is 6. The van der Waals surface area contributed by atoms with Crippen molar-refractivity contribution in [3.63, 3.8) is 0 Å².